The number of nitrogens with one attached hydrogen (secondary N) is 1. The first-order chi connectivity index (χ1) is 6.33. The molecule has 1 aromatic carbocycles. The van der Waals surface area contributed by atoms with Crippen molar-refractivity contribution in [1.82, 2.24) is 4.34 Å². The highest BCUT2D eigenvalue weighted by Gasteiger charge is 2.28. The Balaban J connectivity index is 2.39. The number of para-hydroxylation sites is 1. The molecule has 0 amide bonds. The number of aliphatic hydroxyl groups excluding tert-OH is 1. The van der Waals surface area contributed by atoms with E-state index in [0.29, 0.717) is 6.61 Å². The first-order valence-corrected chi connectivity index (χ1v) is 4.88. The van der Waals surface area contributed by atoms with Gasteiger partial charge in [0, 0.05) is 21.7 Å². The summed E-state index contributed by atoms with van der Waals surface area (Å²) in [6, 6.07) is 7.60. The van der Waals surface area contributed by atoms with Crippen molar-refractivity contribution in [2.75, 3.05) is 6.61 Å². The van der Waals surface area contributed by atoms with Crippen LogP contribution in [0.4, 0.5) is 0 Å². The third-order valence-electron chi connectivity index (χ3n) is 2.17. The largest absolute Gasteiger partial charge is 0.490 e. The Morgan fingerprint density at radius 2 is 2.23 bits per heavy atom. The zero-order chi connectivity index (χ0) is 9.26. The summed E-state index contributed by atoms with van der Waals surface area (Å²) in [6.45, 7) is 0.334. The molecule has 2 N–H and O–H groups in total. The Labute approximate surface area is 85.1 Å². The Morgan fingerprint density at radius 3 is 3.00 bits per heavy atom. The second-order valence-corrected chi connectivity index (χ2v) is 3.46. The van der Waals surface area contributed by atoms with Gasteiger partial charge in [-0.1, -0.05) is 18.2 Å². The van der Waals surface area contributed by atoms with Gasteiger partial charge in [-0.25, -0.2) is 4.34 Å². The molecule has 70 valence electrons. The molecule has 0 bridgehead atoms. The van der Waals surface area contributed by atoms with Gasteiger partial charge >= 0.3 is 0 Å². The third kappa shape index (κ3) is 1.57. The Morgan fingerprint density at radius 1 is 1.46 bits per heavy atom. The van der Waals surface area contributed by atoms with Crippen LogP contribution in [0.3, 0.4) is 0 Å². The van der Waals surface area contributed by atoms with E-state index in [9.17, 15) is 5.11 Å². The van der Waals surface area contributed by atoms with Gasteiger partial charge in [0.15, 0.2) is 0 Å². The van der Waals surface area contributed by atoms with Gasteiger partial charge in [0.2, 0.25) is 0 Å². The summed E-state index contributed by atoms with van der Waals surface area (Å²) in [6.07, 6.45) is -0.505. The predicted molar refractivity (Wildman–Crippen MR) is 52.7 cm³/mol. The summed E-state index contributed by atoms with van der Waals surface area (Å²) in [4.78, 5) is 0. The molecule has 0 radical (unpaired) electrons. The van der Waals surface area contributed by atoms with Crippen LogP contribution in [0.25, 0.3) is 0 Å². The van der Waals surface area contributed by atoms with Gasteiger partial charge in [0.25, 0.3) is 0 Å². The van der Waals surface area contributed by atoms with Gasteiger partial charge in [0.1, 0.15) is 18.5 Å². The van der Waals surface area contributed by atoms with Crippen LogP contribution in [0.1, 0.15) is 11.6 Å². The van der Waals surface area contributed by atoms with Gasteiger partial charge in [0.05, 0.1) is 6.04 Å². The first kappa shape index (κ1) is 8.99. The molecule has 3 nitrogen and oxygen atoms in total. The maximum absolute atomic E-state index is 9.60. The van der Waals surface area contributed by atoms with Crippen molar-refractivity contribution in [3.8, 4) is 5.75 Å². The topological polar surface area (TPSA) is 41.5 Å². The quantitative estimate of drug-likeness (QED) is 0.733. The molecular weight excluding hydrogens is 234 g/mol. The van der Waals surface area contributed by atoms with Crippen LogP contribution in [0.5, 0.6) is 5.75 Å². The van der Waals surface area contributed by atoms with Crippen LogP contribution in [0.2, 0.25) is 0 Å². The molecule has 1 heterocycles. The Kier molecular flexibility index (Phi) is 2.53. The third-order valence-corrected chi connectivity index (χ3v) is 2.66. The maximum atomic E-state index is 9.60. The molecule has 1 aliphatic rings. The average Bonchev–Trinajstić information content (AvgIpc) is 2.18. The molecule has 0 aromatic heterocycles. The van der Waals surface area contributed by atoms with Crippen molar-refractivity contribution < 1.29 is 9.84 Å². The molecular formula is C9H10BrNO2. The molecule has 1 aliphatic heterocycles. The van der Waals surface area contributed by atoms with Crippen LogP contribution < -0.4 is 9.08 Å². The summed E-state index contributed by atoms with van der Waals surface area (Å²) in [7, 11) is 0. The van der Waals surface area contributed by atoms with Crippen LogP contribution in [-0.2, 0) is 0 Å². The summed E-state index contributed by atoms with van der Waals surface area (Å²) >= 11 is 3.16. The average molecular weight is 244 g/mol. The molecule has 0 fully saturated rings. The van der Waals surface area contributed by atoms with Crippen molar-refractivity contribution >= 4 is 16.1 Å². The molecule has 0 spiro atoms. The van der Waals surface area contributed by atoms with E-state index in [1.807, 2.05) is 24.3 Å². The number of hydrogen-bond acceptors (Lipinski definition) is 3. The van der Waals surface area contributed by atoms with Crippen molar-refractivity contribution in [2.45, 2.75) is 12.1 Å². The molecule has 4 heteroatoms. The second kappa shape index (κ2) is 3.65. The monoisotopic (exact) mass is 243 g/mol. The van der Waals surface area contributed by atoms with E-state index >= 15 is 0 Å². The fourth-order valence-corrected chi connectivity index (χ4v) is 2.03. The van der Waals surface area contributed by atoms with E-state index in [1.54, 1.807) is 0 Å². The van der Waals surface area contributed by atoms with Gasteiger partial charge in [-0.3, -0.25) is 0 Å². The summed E-state index contributed by atoms with van der Waals surface area (Å²) < 4.78 is 8.25. The second-order valence-electron chi connectivity index (χ2n) is 3.00. The lowest BCUT2D eigenvalue weighted by atomic mass is 9.99. The number of aliphatic hydroxyl groups is 1. The van der Waals surface area contributed by atoms with Gasteiger partial charge in [-0.2, -0.15) is 0 Å². The standard InChI is InChI=1S/C9H10BrNO2/c10-11-9-6-3-1-2-4-8(6)13-5-7(9)12/h1-4,7,9,11-12H,5H2. The van der Waals surface area contributed by atoms with E-state index in [-0.39, 0.29) is 6.04 Å². The van der Waals surface area contributed by atoms with Gasteiger partial charge < -0.3 is 9.84 Å². The van der Waals surface area contributed by atoms with E-state index in [1.165, 1.54) is 0 Å². The normalized spacial score (nSPS) is 26.3. The Hall–Kier alpha value is -0.580. The van der Waals surface area contributed by atoms with E-state index in [2.05, 4.69) is 20.5 Å². The SMILES string of the molecule is OC1COc2ccccc2C1NBr. The van der Waals surface area contributed by atoms with Gasteiger partial charge in [-0.05, 0) is 6.07 Å². The molecule has 0 saturated carbocycles. The molecule has 0 saturated heterocycles. The molecule has 0 aliphatic carbocycles. The highest BCUT2D eigenvalue weighted by molar-refractivity contribution is 9.08. The Bertz CT molecular complexity index is 305. The van der Waals surface area contributed by atoms with Crippen molar-refractivity contribution in [3.63, 3.8) is 0 Å². The summed E-state index contributed by atoms with van der Waals surface area (Å²) in [5, 5.41) is 9.60. The van der Waals surface area contributed by atoms with E-state index < -0.39 is 6.10 Å². The number of hydrogen-bond donors (Lipinski definition) is 2. The fraction of sp³-hybridized carbons (Fsp3) is 0.333. The highest BCUT2D eigenvalue weighted by Crippen LogP contribution is 2.32. The zero-order valence-corrected chi connectivity index (χ0v) is 8.49. The van der Waals surface area contributed by atoms with Crippen molar-refractivity contribution in [1.29, 1.82) is 0 Å². The highest BCUT2D eigenvalue weighted by atomic mass is 79.9. The zero-order valence-electron chi connectivity index (χ0n) is 6.90. The van der Waals surface area contributed by atoms with Crippen LogP contribution in [-0.4, -0.2) is 17.8 Å². The predicted octanol–water partition coefficient (Wildman–Crippen LogP) is 1.38. The number of fused-ring (bicyclic) bond motifs is 1. The first-order valence-electron chi connectivity index (χ1n) is 4.09. The number of ether oxygens (including phenoxy) is 1. The smallest absolute Gasteiger partial charge is 0.124 e. The van der Waals surface area contributed by atoms with E-state index in [0.717, 1.165) is 11.3 Å². The van der Waals surface area contributed by atoms with Crippen LogP contribution in [0.15, 0.2) is 24.3 Å². The molecule has 2 rings (SSSR count). The summed E-state index contributed by atoms with van der Waals surface area (Å²) in [5.41, 5.74) is 0.984. The van der Waals surface area contributed by atoms with Crippen LogP contribution in [0, 0.1) is 0 Å². The molecule has 2 atom stereocenters. The maximum Gasteiger partial charge on any atom is 0.124 e. The number of rotatable bonds is 1. The number of halogens is 1. The summed E-state index contributed by atoms with van der Waals surface area (Å²) in [5.74, 6) is 0.838. The van der Waals surface area contributed by atoms with Crippen molar-refractivity contribution in [3.05, 3.63) is 29.8 Å². The van der Waals surface area contributed by atoms with Crippen molar-refractivity contribution in [2.24, 2.45) is 0 Å². The lowest BCUT2D eigenvalue weighted by molar-refractivity contribution is 0.0641. The lowest BCUT2D eigenvalue weighted by Gasteiger charge is -2.29. The minimum atomic E-state index is -0.505. The fourth-order valence-electron chi connectivity index (χ4n) is 1.48. The molecule has 13 heavy (non-hydrogen) atoms. The lowest BCUT2D eigenvalue weighted by Crippen LogP contribution is -2.35. The molecule has 2 unspecified atom stereocenters. The van der Waals surface area contributed by atoms with Crippen LogP contribution >= 0.6 is 16.1 Å². The number of benzene rings is 1. The minimum Gasteiger partial charge on any atom is -0.490 e. The minimum absolute atomic E-state index is 0.0926. The van der Waals surface area contributed by atoms with Gasteiger partial charge in [-0.15, -0.1) is 0 Å². The van der Waals surface area contributed by atoms with E-state index in [4.69, 9.17) is 4.74 Å². The molecule has 1 aromatic rings.